The van der Waals surface area contributed by atoms with Gasteiger partial charge in [0.15, 0.2) is 0 Å². The maximum atomic E-state index is 11.6. The van der Waals surface area contributed by atoms with Crippen molar-refractivity contribution < 1.29 is 4.79 Å². The number of hydrogen-bond acceptors (Lipinski definition) is 2. The molecular weight excluding hydrogens is 202 g/mol. The Balaban J connectivity index is 1.86. The van der Waals surface area contributed by atoms with E-state index in [9.17, 15) is 4.79 Å². The van der Waals surface area contributed by atoms with Crippen LogP contribution in [0.5, 0.6) is 0 Å². The maximum Gasteiger partial charge on any atom is 0.320 e. The van der Waals surface area contributed by atoms with Crippen LogP contribution in [-0.2, 0) is 0 Å². The summed E-state index contributed by atoms with van der Waals surface area (Å²) < 4.78 is 0. The molecule has 1 fully saturated rings. The van der Waals surface area contributed by atoms with Crippen LogP contribution in [0.25, 0.3) is 0 Å². The Hall–Kier alpha value is -1.58. The molecule has 2 N–H and O–H groups in total. The SMILES string of the molecule is Cc1cccc(NC(=O)N[C@@H](C)C2CC2)n1. The number of aromatic nitrogens is 1. The lowest BCUT2D eigenvalue weighted by Gasteiger charge is -2.13. The summed E-state index contributed by atoms with van der Waals surface area (Å²) in [6.45, 7) is 3.94. The Labute approximate surface area is 95.5 Å². The van der Waals surface area contributed by atoms with Crippen LogP contribution >= 0.6 is 0 Å². The van der Waals surface area contributed by atoms with Gasteiger partial charge in [-0.1, -0.05) is 6.07 Å². The molecule has 0 bridgehead atoms. The molecule has 1 atom stereocenters. The third-order valence-electron chi connectivity index (χ3n) is 2.82. The smallest absolute Gasteiger partial charge is 0.320 e. The van der Waals surface area contributed by atoms with Gasteiger partial charge in [-0.15, -0.1) is 0 Å². The summed E-state index contributed by atoms with van der Waals surface area (Å²) >= 11 is 0. The van der Waals surface area contributed by atoms with Gasteiger partial charge >= 0.3 is 6.03 Å². The number of urea groups is 1. The number of amides is 2. The monoisotopic (exact) mass is 219 g/mol. The molecule has 1 aliphatic rings. The molecule has 1 saturated carbocycles. The number of nitrogens with one attached hydrogen (secondary N) is 2. The highest BCUT2D eigenvalue weighted by Crippen LogP contribution is 2.32. The Morgan fingerprint density at radius 2 is 2.25 bits per heavy atom. The molecule has 1 aliphatic carbocycles. The average molecular weight is 219 g/mol. The number of rotatable bonds is 3. The summed E-state index contributed by atoms with van der Waals surface area (Å²) in [7, 11) is 0. The van der Waals surface area contributed by atoms with Crippen LogP contribution in [0.2, 0.25) is 0 Å². The van der Waals surface area contributed by atoms with Crippen molar-refractivity contribution in [2.45, 2.75) is 32.7 Å². The molecule has 0 saturated heterocycles. The maximum absolute atomic E-state index is 11.6. The molecule has 4 nitrogen and oxygen atoms in total. The fourth-order valence-corrected chi connectivity index (χ4v) is 1.69. The van der Waals surface area contributed by atoms with E-state index in [-0.39, 0.29) is 12.1 Å². The summed E-state index contributed by atoms with van der Waals surface area (Å²) in [5, 5.41) is 5.65. The number of pyridine rings is 1. The van der Waals surface area contributed by atoms with Gasteiger partial charge in [0.1, 0.15) is 5.82 Å². The van der Waals surface area contributed by atoms with E-state index < -0.39 is 0 Å². The Morgan fingerprint density at radius 1 is 1.50 bits per heavy atom. The van der Waals surface area contributed by atoms with Crippen LogP contribution in [0.15, 0.2) is 18.2 Å². The first-order valence-corrected chi connectivity index (χ1v) is 5.66. The molecular formula is C12H17N3O. The van der Waals surface area contributed by atoms with Crippen LogP contribution in [0.3, 0.4) is 0 Å². The fraction of sp³-hybridized carbons (Fsp3) is 0.500. The van der Waals surface area contributed by atoms with Gasteiger partial charge in [-0.05, 0) is 44.7 Å². The van der Waals surface area contributed by atoms with Crippen molar-refractivity contribution in [1.29, 1.82) is 0 Å². The van der Waals surface area contributed by atoms with Crippen LogP contribution < -0.4 is 10.6 Å². The predicted molar refractivity (Wildman–Crippen MR) is 63.3 cm³/mol. The van der Waals surface area contributed by atoms with Crippen molar-refractivity contribution in [2.24, 2.45) is 5.92 Å². The van der Waals surface area contributed by atoms with E-state index in [0.29, 0.717) is 11.7 Å². The van der Waals surface area contributed by atoms with Crippen molar-refractivity contribution in [2.75, 3.05) is 5.32 Å². The first kappa shape index (κ1) is 10.9. The predicted octanol–water partition coefficient (Wildman–Crippen LogP) is 2.31. The number of hydrogen-bond donors (Lipinski definition) is 2. The molecule has 1 aromatic heterocycles. The van der Waals surface area contributed by atoms with E-state index >= 15 is 0 Å². The topological polar surface area (TPSA) is 54.0 Å². The third-order valence-corrected chi connectivity index (χ3v) is 2.82. The van der Waals surface area contributed by atoms with Gasteiger partial charge in [0, 0.05) is 11.7 Å². The third kappa shape index (κ3) is 2.95. The minimum absolute atomic E-state index is 0.169. The molecule has 0 aromatic carbocycles. The highest BCUT2D eigenvalue weighted by atomic mass is 16.2. The van der Waals surface area contributed by atoms with E-state index in [2.05, 4.69) is 15.6 Å². The molecule has 0 radical (unpaired) electrons. The Kier molecular flexibility index (Phi) is 3.08. The van der Waals surface area contributed by atoms with Crippen LogP contribution in [0, 0.1) is 12.8 Å². The van der Waals surface area contributed by atoms with Crippen LogP contribution in [0.1, 0.15) is 25.5 Å². The molecule has 1 heterocycles. The lowest BCUT2D eigenvalue weighted by atomic mass is 10.2. The fourth-order valence-electron chi connectivity index (χ4n) is 1.69. The number of aryl methyl sites for hydroxylation is 1. The molecule has 2 amide bonds. The zero-order chi connectivity index (χ0) is 11.5. The molecule has 4 heteroatoms. The van der Waals surface area contributed by atoms with Crippen molar-refractivity contribution in [1.82, 2.24) is 10.3 Å². The highest BCUT2D eigenvalue weighted by molar-refractivity contribution is 5.88. The second-order valence-corrected chi connectivity index (χ2v) is 4.39. The van der Waals surface area contributed by atoms with Crippen LogP contribution in [-0.4, -0.2) is 17.1 Å². The van der Waals surface area contributed by atoms with Crippen molar-refractivity contribution in [3.63, 3.8) is 0 Å². The van der Waals surface area contributed by atoms with Gasteiger partial charge in [-0.25, -0.2) is 9.78 Å². The summed E-state index contributed by atoms with van der Waals surface area (Å²) in [5.74, 6) is 1.26. The second-order valence-electron chi connectivity index (χ2n) is 4.39. The minimum Gasteiger partial charge on any atom is -0.335 e. The molecule has 0 spiro atoms. The quantitative estimate of drug-likeness (QED) is 0.819. The molecule has 2 rings (SSSR count). The van der Waals surface area contributed by atoms with E-state index in [1.54, 1.807) is 6.07 Å². The first-order valence-electron chi connectivity index (χ1n) is 5.66. The number of nitrogens with zero attached hydrogens (tertiary/aromatic N) is 1. The first-order chi connectivity index (χ1) is 7.65. The number of carbonyl (C=O) groups is 1. The minimum atomic E-state index is -0.169. The second kappa shape index (κ2) is 4.51. The summed E-state index contributed by atoms with van der Waals surface area (Å²) in [4.78, 5) is 15.8. The van der Waals surface area contributed by atoms with Crippen LogP contribution in [0.4, 0.5) is 10.6 Å². The molecule has 0 aliphatic heterocycles. The largest absolute Gasteiger partial charge is 0.335 e. The summed E-state index contributed by atoms with van der Waals surface area (Å²) in [5.41, 5.74) is 0.896. The lowest BCUT2D eigenvalue weighted by molar-refractivity contribution is 0.248. The summed E-state index contributed by atoms with van der Waals surface area (Å²) in [6.07, 6.45) is 2.45. The molecule has 1 aromatic rings. The van der Waals surface area contributed by atoms with E-state index in [1.807, 2.05) is 26.0 Å². The van der Waals surface area contributed by atoms with Gasteiger partial charge in [0.25, 0.3) is 0 Å². The van der Waals surface area contributed by atoms with E-state index in [1.165, 1.54) is 12.8 Å². The van der Waals surface area contributed by atoms with Gasteiger partial charge in [0.2, 0.25) is 0 Å². The highest BCUT2D eigenvalue weighted by Gasteiger charge is 2.28. The molecule has 86 valence electrons. The Morgan fingerprint density at radius 3 is 2.88 bits per heavy atom. The lowest BCUT2D eigenvalue weighted by Crippen LogP contribution is -2.37. The van der Waals surface area contributed by atoms with Crippen molar-refractivity contribution in [3.05, 3.63) is 23.9 Å². The number of carbonyl (C=O) groups excluding carboxylic acids is 1. The Bertz CT molecular complexity index is 388. The molecule has 0 unspecified atom stereocenters. The zero-order valence-electron chi connectivity index (χ0n) is 9.66. The van der Waals surface area contributed by atoms with Gasteiger partial charge in [0.05, 0.1) is 0 Å². The standard InChI is InChI=1S/C12H17N3O/c1-8-4-3-5-11(13-8)15-12(16)14-9(2)10-6-7-10/h3-5,9-10H,6-7H2,1-2H3,(H2,13,14,15,16)/t9-/m0/s1. The van der Waals surface area contributed by atoms with Gasteiger partial charge in [-0.2, -0.15) is 0 Å². The summed E-state index contributed by atoms with van der Waals surface area (Å²) in [6, 6.07) is 5.65. The van der Waals surface area contributed by atoms with Crippen molar-refractivity contribution >= 4 is 11.8 Å². The van der Waals surface area contributed by atoms with E-state index in [0.717, 1.165) is 5.69 Å². The van der Waals surface area contributed by atoms with Crippen molar-refractivity contribution in [3.8, 4) is 0 Å². The average Bonchev–Trinajstić information content (AvgIpc) is 2.99. The zero-order valence-corrected chi connectivity index (χ0v) is 9.66. The number of anilines is 1. The van der Waals surface area contributed by atoms with E-state index in [4.69, 9.17) is 0 Å². The van der Waals surface area contributed by atoms with Gasteiger partial charge in [-0.3, -0.25) is 5.32 Å². The molecule has 16 heavy (non-hydrogen) atoms. The van der Waals surface area contributed by atoms with Gasteiger partial charge < -0.3 is 5.32 Å². The normalized spacial score (nSPS) is 16.6.